The highest BCUT2D eigenvalue weighted by Gasteiger charge is 2.16. The first kappa shape index (κ1) is 12.5. The van der Waals surface area contributed by atoms with Crippen LogP contribution in [0.5, 0.6) is 0 Å². The topological polar surface area (TPSA) is 51.2 Å². The van der Waals surface area contributed by atoms with Crippen molar-refractivity contribution in [2.24, 2.45) is 0 Å². The van der Waals surface area contributed by atoms with Gasteiger partial charge in [-0.3, -0.25) is 4.98 Å². The standard InChI is InChI=1S/C12H18N2O2/c1-5-9-7-10(13-4)11(8(3)14-9)12(15)16-6-2/h7H,5-6H2,1-4H3,(H,13,14). The Hall–Kier alpha value is -1.58. The monoisotopic (exact) mass is 222 g/mol. The third-order valence-electron chi connectivity index (χ3n) is 2.36. The number of rotatable bonds is 4. The summed E-state index contributed by atoms with van der Waals surface area (Å²) in [5.74, 6) is -0.320. The van der Waals surface area contributed by atoms with Crippen molar-refractivity contribution in [2.45, 2.75) is 27.2 Å². The van der Waals surface area contributed by atoms with Gasteiger partial charge in [-0.2, -0.15) is 0 Å². The molecule has 4 heteroatoms. The molecule has 1 heterocycles. The number of carbonyl (C=O) groups is 1. The zero-order chi connectivity index (χ0) is 12.1. The third-order valence-corrected chi connectivity index (χ3v) is 2.36. The Kier molecular flexibility index (Phi) is 4.28. The summed E-state index contributed by atoms with van der Waals surface area (Å²) in [6, 6.07) is 1.89. The molecule has 0 amide bonds. The Morgan fingerprint density at radius 1 is 1.50 bits per heavy atom. The van der Waals surface area contributed by atoms with E-state index in [0.717, 1.165) is 17.8 Å². The number of nitrogens with zero attached hydrogens (tertiary/aromatic N) is 1. The fraction of sp³-hybridized carbons (Fsp3) is 0.500. The van der Waals surface area contributed by atoms with Gasteiger partial charge in [0, 0.05) is 12.7 Å². The van der Waals surface area contributed by atoms with Gasteiger partial charge in [-0.05, 0) is 26.3 Å². The van der Waals surface area contributed by atoms with E-state index in [9.17, 15) is 4.79 Å². The molecule has 0 spiro atoms. The minimum atomic E-state index is -0.320. The lowest BCUT2D eigenvalue weighted by Gasteiger charge is -2.12. The summed E-state index contributed by atoms with van der Waals surface area (Å²) in [7, 11) is 1.79. The highest BCUT2D eigenvalue weighted by atomic mass is 16.5. The van der Waals surface area contributed by atoms with Crippen LogP contribution in [0, 0.1) is 6.92 Å². The minimum Gasteiger partial charge on any atom is -0.462 e. The number of hydrogen-bond donors (Lipinski definition) is 1. The number of pyridine rings is 1. The summed E-state index contributed by atoms with van der Waals surface area (Å²) in [6.45, 7) is 6.02. The van der Waals surface area contributed by atoms with Gasteiger partial charge in [0.1, 0.15) is 5.56 Å². The Morgan fingerprint density at radius 3 is 2.69 bits per heavy atom. The molecule has 1 aromatic heterocycles. The van der Waals surface area contributed by atoms with Crippen LogP contribution in [0.25, 0.3) is 0 Å². The van der Waals surface area contributed by atoms with Crippen molar-refractivity contribution >= 4 is 11.7 Å². The number of aryl methyl sites for hydroxylation is 2. The first-order valence-corrected chi connectivity index (χ1v) is 5.49. The molecule has 1 N–H and O–H groups in total. The van der Waals surface area contributed by atoms with Crippen molar-refractivity contribution in [3.63, 3.8) is 0 Å². The van der Waals surface area contributed by atoms with Crippen molar-refractivity contribution < 1.29 is 9.53 Å². The quantitative estimate of drug-likeness (QED) is 0.793. The van der Waals surface area contributed by atoms with Gasteiger partial charge in [-0.15, -0.1) is 0 Å². The fourth-order valence-electron chi connectivity index (χ4n) is 1.58. The van der Waals surface area contributed by atoms with Crippen molar-refractivity contribution in [1.29, 1.82) is 0 Å². The number of nitrogens with one attached hydrogen (secondary N) is 1. The summed E-state index contributed by atoms with van der Waals surface area (Å²) in [5, 5.41) is 3.01. The van der Waals surface area contributed by atoms with E-state index in [1.54, 1.807) is 14.0 Å². The van der Waals surface area contributed by atoms with Crippen molar-refractivity contribution in [3.05, 3.63) is 23.0 Å². The van der Waals surface area contributed by atoms with Crippen LogP contribution in [-0.2, 0) is 11.2 Å². The molecule has 0 atom stereocenters. The van der Waals surface area contributed by atoms with E-state index in [1.807, 2.05) is 19.9 Å². The Morgan fingerprint density at radius 2 is 2.19 bits per heavy atom. The maximum atomic E-state index is 11.7. The van der Waals surface area contributed by atoms with Crippen molar-refractivity contribution in [2.75, 3.05) is 19.0 Å². The van der Waals surface area contributed by atoms with Crippen LogP contribution in [0.2, 0.25) is 0 Å². The van der Waals surface area contributed by atoms with E-state index in [4.69, 9.17) is 4.74 Å². The highest BCUT2D eigenvalue weighted by molar-refractivity contribution is 5.96. The number of hydrogen-bond acceptors (Lipinski definition) is 4. The van der Waals surface area contributed by atoms with Gasteiger partial charge >= 0.3 is 5.97 Å². The molecule has 0 fully saturated rings. The van der Waals surface area contributed by atoms with Crippen LogP contribution in [-0.4, -0.2) is 24.6 Å². The predicted octanol–water partition coefficient (Wildman–Crippen LogP) is 2.17. The zero-order valence-corrected chi connectivity index (χ0v) is 10.3. The molecule has 0 aromatic carbocycles. The minimum absolute atomic E-state index is 0.320. The molecule has 0 aliphatic rings. The predicted molar refractivity (Wildman–Crippen MR) is 63.9 cm³/mol. The van der Waals surface area contributed by atoms with E-state index in [-0.39, 0.29) is 5.97 Å². The zero-order valence-electron chi connectivity index (χ0n) is 10.3. The molecular formula is C12H18N2O2. The molecule has 0 unspecified atom stereocenters. The van der Waals surface area contributed by atoms with Gasteiger partial charge in [0.2, 0.25) is 0 Å². The molecular weight excluding hydrogens is 204 g/mol. The largest absolute Gasteiger partial charge is 0.462 e. The molecule has 0 saturated carbocycles. The molecule has 88 valence electrons. The van der Waals surface area contributed by atoms with E-state index >= 15 is 0 Å². The summed E-state index contributed by atoms with van der Waals surface area (Å²) < 4.78 is 5.01. The molecule has 0 bridgehead atoms. The van der Waals surface area contributed by atoms with Crippen molar-refractivity contribution in [1.82, 2.24) is 4.98 Å². The summed E-state index contributed by atoms with van der Waals surface area (Å²) >= 11 is 0. The normalized spacial score (nSPS) is 10.0. The Labute approximate surface area is 96.0 Å². The number of anilines is 1. The molecule has 1 aromatic rings. The average Bonchev–Trinajstić information content (AvgIpc) is 2.27. The van der Waals surface area contributed by atoms with Gasteiger partial charge in [0.15, 0.2) is 0 Å². The smallest absolute Gasteiger partial charge is 0.342 e. The number of esters is 1. The van der Waals surface area contributed by atoms with Crippen LogP contribution in [0.15, 0.2) is 6.07 Å². The molecule has 0 aliphatic carbocycles. The van der Waals surface area contributed by atoms with E-state index in [1.165, 1.54) is 0 Å². The van der Waals surface area contributed by atoms with Crippen molar-refractivity contribution in [3.8, 4) is 0 Å². The number of ether oxygens (including phenoxy) is 1. The molecule has 4 nitrogen and oxygen atoms in total. The molecule has 0 saturated heterocycles. The summed E-state index contributed by atoms with van der Waals surface area (Å²) in [5.41, 5.74) is 2.99. The van der Waals surface area contributed by atoms with E-state index in [2.05, 4.69) is 10.3 Å². The first-order valence-electron chi connectivity index (χ1n) is 5.49. The van der Waals surface area contributed by atoms with Crippen LogP contribution >= 0.6 is 0 Å². The van der Waals surface area contributed by atoms with Crippen LogP contribution in [0.1, 0.15) is 35.6 Å². The average molecular weight is 222 g/mol. The molecule has 1 rings (SSSR count). The van der Waals surface area contributed by atoms with Gasteiger partial charge in [0.05, 0.1) is 18.0 Å². The second kappa shape index (κ2) is 5.49. The first-order chi connectivity index (χ1) is 7.63. The van der Waals surface area contributed by atoms with Gasteiger partial charge in [-0.25, -0.2) is 4.79 Å². The highest BCUT2D eigenvalue weighted by Crippen LogP contribution is 2.20. The Bertz CT molecular complexity index is 389. The molecule has 16 heavy (non-hydrogen) atoms. The maximum Gasteiger partial charge on any atom is 0.342 e. The Balaban J connectivity index is 3.21. The molecule has 0 aliphatic heterocycles. The second-order valence-corrected chi connectivity index (χ2v) is 3.45. The lowest BCUT2D eigenvalue weighted by Crippen LogP contribution is -2.12. The third kappa shape index (κ3) is 2.51. The summed E-state index contributed by atoms with van der Waals surface area (Å²) in [4.78, 5) is 16.1. The second-order valence-electron chi connectivity index (χ2n) is 3.45. The lowest BCUT2D eigenvalue weighted by molar-refractivity contribution is 0.0526. The number of aromatic nitrogens is 1. The fourth-order valence-corrected chi connectivity index (χ4v) is 1.58. The summed E-state index contributed by atoms with van der Waals surface area (Å²) in [6.07, 6.45) is 0.846. The number of carbonyl (C=O) groups excluding carboxylic acids is 1. The van der Waals surface area contributed by atoms with Gasteiger partial charge in [0.25, 0.3) is 0 Å². The van der Waals surface area contributed by atoms with Crippen LogP contribution in [0.4, 0.5) is 5.69 Å². The van der Waals surface area contributed by atoms with Gasteiger partial charge in [-0.1, -0.05) is 6.92 Å². The maximum absolute atomic E-state index is 11.7. The van der Waals surface area contributed by atoms with E-state index in [0.29, 0.717) is 17.9 Å². The van der Waals surface area contributed by atoms with Crippen LogP contribution in [0.3, 0.4) is 0 Å². The lowest BCUT2D eigenvalue weighted by atomic mass is 10.1. The van der Waals surface area contributed by atoms with Crippen LogP contribution < -0.4 is 5.32 Å². The molecule has 0 radical (unpaired) electrons. The van der Waals surface area contributed by atoms with Gasteiger partial charge < -0.3 is 10.1 Å². The SMILES string of the molecule is CCOC(=O)c1c(NC)cc(CC)nc1C. The van der Waals surface area contributed by atoms with E-state index < -0.39 is 0 Å².